The van der Waals surface area contributed by atoms with Gasteiger partial charge < -0.3 is 14.3 Å². The second-order valence-electron chi connectivity index (χ2n) is 8.85. The van der Waals surface area contributed by atoms with Gasteiger partial charge in [-0.25, -0.2) is 0 Å². The molecule has 1 N–H and O–H groups in total. The third-order valence-electron chi connectivity index (χ3n) is 6.60. The van der Waals surface area contributed by atoms with E-state index in [1.807, 2.05) is 18.2 Å². The maximum atomic E-state index is 14.2. The minimum absolute atomic E-state index is 0.0227. The molecule has 0 saturated carbocycles. The summed E-state index contributed by atoms with van der Waals surface area (Å²) in [7, 11) is 1.54. The zero-order valence-electron chi connectivity index (χ0n) is 19.1. The summed E-state index contributed by atoms with van der Waals surface area (Å²) in [5.74, 6) is 0.0546. The smallest absolute Gasteiger partial charge is 0.174 e. The number of methoxy groups -OCH3 is 1. The molecule has 0 aliphatic heterocycles. The summed E-state index contributed by atoms with van der Waals surface area (Å²) in [4.78, 5) is 14.2. The molecule has 0 bridgehead atoms. The minimum Gasteiger partial charge on any atom is -0.507 e. The van der Waals surface area contributed by atoms with Crippen molar-refractivity contribution in [1.82, 2.24) is 0 Å². The van der Waals surface area contributed by atoms with Gasteiger partial charge in [-0.1, -0.05) is 53.6 Å². The van der Waals surface area contributed by atoms with Gasteiger partial charge in [0.2, 0.25) is 0 Å². The number of ketones is 1. The summed E-state index contributed by atoms with van der Waals surface area (Å²) in [5, 5.41) is 11.6. The Labute approximate surface area is 189 Å². The maximum absolute atomic E-state index is 14.2. The van der Waals surface area contributed by atoms with Crippen molar-refractivity contribution in [2.24, 2.45) is 11.8 Å². The quantitative estimate of drug-likeness (QED) is 0.336. The molecule has 3 aromatic rings. The number of carbonyl (C=O) groups excluding carboxylic acids is 1. The summed E-state index contributed by atoms with van der Waals surface area (Å²) >= 11 is 0. The van der Waals surface area contributed by atoms with E-state index in [4.69, 9.17) is 9.15 Å². The highest BCUT2D eigenvalue weighted by Gasteiger charge is 2.41. The molecule has 4 nitrogen and oxygen atoms in total. The number of fused-ring (bicyclic) bond motifs is 1. The lowest BCUT2D eigenvalue weighted by Crippen LogP contribution is -2.33. The van der Waals surface area contributed by atoms with E-state index < -0.39 is 0 Å². The Morgan fingerprint density at radius 2 is 1.97 bits per heavy atom. The minimum atomic E-state index is -0.314. The van der Waals surface area contributed by atoms with Crippen molar-refractivity contribution in [3.63, 3.8) is 0 Å². The SMILES string of the molecule is COc1cc(O)c(C(=O)C2C(CC=C(C)C)C(C)=CCC2c2ccccc2)c2occc12. The number of hydrogen-bond acceptors (Lipinski definition) is 4. The molecule has 1 heterocycles. The van der Waals surface area contributed by atoms with E-state index in [0.29, 0.717) is 16.7 Å². The van der Waals surface area contributed by atoms with Gasteiger partial charge in [0, 0.05) is 12.0 Å². The fourth-order valence-electron chi connectivity index (χ4n) is 4.94. The van der Waals surface area contributed by atoms with Crippen molar-refractivity contribution in [3.8, 4) is 11.5 Å². The van der Waals surface area contributed by atoms with Crippen molar-refractivity contribution in [3.05, 3.63) is 83.2 Å². The average molecular weight is 431 g/mol. The zero-order valence-corrected chi connectivity index (χ0v) is 19.1. The van der Waals surface area contributed by atoms with Crippen molar-refractivity contribution in [2.45, 2.75) is 39.5 Å². The highest BCUT2D eigenvalue weighted by molar-refractivity contribution is 6.11. The van der Waals surface area contributed by atoms with E-state index in [1.54, 1.807) is 13.2 Å². The van der Waals surface area contributed by atoms with Crippen LogP contribution in [0.2, 0.25) is 0 Å². The summed E-state index contributed by atoms with van der Waals surface area (Å²) < 4.78 is 11.1. The van der Waals surface area contributed by atoms with Crippen LogP contribution >= 0.6 is 0 Å². The summed E-state index contributed by atoms with van der Waals surface area (Å²) in [6.07, 6.45) is 7.57. The molecule has 2 aromatic carbocycles. The largest absolute Gasteiger partial charge is 0.507 e. The number of Topliss-reactive ketones (excluding diaryl/α,β-unsaturated/α-hetero) is 1. The summed E-state index contributed by atoms with van der Waals surface area (Å²) in [6.45, 7) is 6.27. The summed E-state index contributed by atoms with van der Waals surface area (Å²) in [5.41, 5.74) is 4.21. The lowest BCUT2D eigenvalue weighted by molar-refractivity contribution is 0.0848. The van der Waals surface area contributed by atoms with Gasteiger partial charge in [0.15, 0.2) is 11.4 Å². The number of phenols is 1. The fourth-order valence-corrected chi connectivity index (χ4v) is 4.94. The number of allylic oxidation sites excluding steroid dienone is 4. The van der Waals surface area contributed by atoms with Gasteiger partial charge in [0.05, 0.1) is 18.8 Å². The first-order valence-corrected chi connectivity index (χ1v) is 11.1. The van der Waals surface area contributed by atoms with E-state index in [2.05, 4.69) is 45.1 Å². The Kier molecular flexibility index (Phi) is 6.22. The van der Waals surface area contributed by atoms with Crippen LogP contribution in [-0.2, 0) is 0 Å². The molecule has 0 spiro atoms. The molecule has 4 heteroatoms. The number of carbonyl (C=O) groups is 1. The summed E-state index contributed by atoms with van der Waals surface area (Å²) in [6, 6.07) is 13.5. The van der Waals surface area contributed by atoms with Crippen LogP contribution in [0.4, 0.5) is 0 Å². The average Bonchev–Trinajstić information content (AvgIpc) is 3.27. The van der Waals surface area contributed by atoms with Crippen LogP contribution in [0.25, 0.3) is 11.0 Å². The third kappa shape index (κ3) is 3.97. The molecule has 0 saturated heterocycles. The first-order chi connectivity index (χ1) is 15.4. The number of aromatic hydroxyl groups is 1. The van der Waals surface area contributed by atoms with Crippen molar-refractivity contribution < 1.29 is 19.1 Å². The Balaban J connectivity index is 1.87. The number of phenolic OH excluding ortho intramolecular Hbond substituents is 1. The molecule has 0 amide bonds. The number of ether oxygens (including phenoxy) is 1. The Morgan fingerprint density at radius 1 is 1.22 bits per heavy atom. The van der Waals surface area contributed by atoms with E-state index in [-0.39, 0.29) is 34.8 Å². The Morgan fingerprint density at radius 3 is 2.66 bits per heavy atom. The molecular weight excluding hydrogens is 400 g/mol. The monoisotopic (exact) mass is 430 g/mol. The van der Waals surface area contributed by atoms with Crippen LogP contribution in [0, 0.1) is 11.8 Å². The van der Waals surface area contributed by atoms with Crippen LogP contribution in [0.3, 0.4) is 0 Å². The van der Waals surface area contributed by atoms with Crippen molar-refractivity contribution in [1.29, 1.82) is 0 Å². The lowest BCUT2D eigenvalue weighted by Gasteiger charge is -2.37. The molecule has 1 aromatic heterocycles. The first kappa shape index (κ1) is 21.9. The number of rotatable bonds is 6. The van der Waals surface area contributed by atoms with Crippen LogP contribution in [0.15, 0.2) is 76.4 Å². The topological polar surface area (TPSA) is 59.7 Å². The van der Waals surface area contributed by atoms with Crippen LogP contribution in [0.5, 0.6) is 11.5 Å². The van der Waals surface area contributed by atoms with Gasteiger partial charge in [0.25, 0.3) is 0 Å². The van der Waals surface area contributed by atoms with Gasteiger partial charge in [-0.15, -0.1) is 0 Å². The Bertz CT molecular complexity index is 1180. The van der Waals surface area contributed by atoms with Crippen LogP contribution < -0.4 is 4.74 Å². The van der Waals surface area contributed by atoms with Gasteiger partial charge in [-0.2, -0.15) is 0 Å². The molecular formula is C28H30O4. The molecule has 32 heavy (non-hydrogen) atoms. The van der Waals surface area contributed by atoms with Gasteiger partial charge in [-0.05, 0) is 57.1 Å². The molecule has 4 rings (SSSR count). The van der Waals surface area contributed by atoms with Crippen molar-refractivity contribution in [2.75, 3.05) is 7.11 Å². The number of furan rings is 1. The molecule has 1 aliphatic carbocycles. The fraction of sp³-hybridized carbons (Fsp3) is 0.321. The second-order valence-corrected chi connectivity index (χ2v) is 8.85. The zero-order chi connectivity index (χ0) is 22.8. The van der Waals surface area contributed by atoms with E-state index in [0.717, 1.165) is 18.4 Å². The predicted octanol–water partition coefficient (Wildman–Crippen LogP) is 7.05. The molecule has 1 aliphatic rings. The predicted molar refractivity (Wildman–Crippen MR) is 127 cm³/mol. The van der Waals surface area contributed by atoms with Crippen LogP contribution in [0.1, 0.15) is 55.5 Å². The van der Waals surface area contributed by atoms with Gasteiger partial charge in [0.1, 0.15) is 17.1 Å². The molecule has 3 unspecified atom stereocenters. The molecule has 3 atom stereocenters. The second kappa shape index (κ2) is 9.07. The lowest BCUT2D eigenvalue weighted by atomic mass is 9.65. The normalized spacial score (nSPS) is 20.6. The van der Waals surface area contributed by atoms with E-state index in [9.17, 15) is 9.90 Å². The third-order valence-corrected chi connectivity index (χ3v) is 6.60. The molecule has 0 radical (unpaired) electrons. The standard InChI is InChI=1S/C28H30O4/c1-17(2)10-12-20-18(3)11-13-21(19-8-6-5-7-9-19)25(20)27(30)26-23(29)16-24(31-4)22-14-15-32-28(22)26/h5-11,14-16,20-21,25,29H,12-13H2,1-4H3. The van der Waals surface area contributed by atoms with Crippen molar-refractivity contribution >= 4 is 16.8 Å². The van der Waals surface area contributed by atoms with Gasteiger partial charge >= 0.3 is 0 Å². The number of hydrogen-bond donors (Lipinski definition) is 1. The van der Waals surface area contributed by atoms with E-state index in [1.165, 1.54) is 23.5 Å². The highest BCUT2D eigenvalue weighted by Crippen LogP contribution is 2.47. The van der Waals surface area contributed by atoms with Gasteiger partial charge in [-0.3, -0.25) is 4.79 Å². The first-order valence-electron chi connectivity index (χ1n) is 11.1. The maximum Gasteiger partial charge on any atom is 0.174 e. The molecule has 0 fully saturated rings. The number of benzene rings is 2. The highest BCUT2D eigenvalue weighted by atomic mass is 16.5. The van der Waals surface area contributed by atoms with E-state index >= 15 is 0 Å². The van der Waals surface area contributed by atoms with Crippen LogP contribution in [-0.4, -0.2) is 18.0 Å². The Hall–Kier alpha value is -3.27. The molecule has 166 valence electrons.